The monoisotopic (exact) mass is 273 g/mol. The highest BCUT2D eigenvalue weighted by Crippen LogP contribution is 2.28. The molecular weight excluding hydrogens is 250 g/mol. The highest BCUT2D eigenvalue weighted by Gasteiger charge is 2.26. The van der Waals surface area contributed by atoms with Crippen LogP contribution >= 0.6 is 0 Å². The molecule has 0 spiro atoms. The summed E-state index contributed by atoms with van der Waals surface area (Å²) >= 11 is 0. The van der Waals surface area contributed by atoms with E-state index in [2.05, 4.69) is 62.1 Å². The fraction of sp³-hybridized carbons (Fsp3) is 0.500. The highest BCUT2D eigenvalue weighted by atomic mass is 16.5. The Morgan fingerprint density at radius 1 is 1.15 bits per heavy atom. The third-order valence-corrected chi connectivity index (χ3v) is 3.44. The van der Waals surface area contributed by atoms with E-state index >= 15 is 0 Å². The largest absolute Gasteiger partial charge is 0.339 e. The maximum atomic E-state index is 6.12. The van der Waals surface area contributed by atoms with E-state index in [-0.39, 0.29) is 11.5 Å². The van der Waals surface area contributed by atoms with Crippen LogP contribution in [0.2, 0.25) is 0 Å². The second kappa shape index (κ2) is 5.75. The van der Waals surface area contributed by atoms with Gasteiger partial charge >= 0.3 is 0 Å². The van der Waals surface area contributed by atoms with Crippen LogP contribution in [-0.2, 0) is 12.8 Å². The molecule has 1 aromatic heterocycles. The van der Waals surface area contributed by atoms with Crippen molar-refractivity contribution in [2.75, 3.05) is 0 Å². The molecule has 1 atom stereocenters. The van der Waals surface area contributed by atoms with Gasteiger partial charge < -0.3 is 10.3 Å². The van der Waals surface area contributed by atoms with Crippen molar-refractivity contribution in [1.29, 1.82) is 0 Å². The van der Waals surface area contributed by atoms with Crippen molar-refractivity contribution in [2.24, 2.45) is 11.1 Å². The van der Waals surface area contributed by atoms with E-state index in [1.807, 2.05) is 0 Å². The van der Waals surface area contributed by atoms with Crippen molar-refractivity contribution in [3.05, 3.63) is 47.1 Å². The summed E-state index contributed by atoms with van der Waals surface area (Å²) in [5.41, 5.74) is 8.60. The predicted molar refractivity (Wildman–Crippen MR) is 79.3 cm³/mol. The first-order valence-corrected chi connectivity index (χ1v) is 7.00. The maximum absolute atomic E-state index is 6.12. The Hall–Kier alpha value is -1.68. The Labute approximate surface area is 120 Å². The zero-order valence-corrected chi connectivity index (χ0v) is 12.7. The fourth-order valence-electron chi connectivity index (χ4n) is 1.89. The smallest absolute Gasteiger partial charge is 0.227 e. The molecule has 4 heteroatoms. The lowest BCUT2D eigenvalue weighted by Crippen LogP contribution is -2.27. The van der Waals surface area contributed by atoms with Gasteiger partial charge in [-0.15, -0.1) is 0 Å². The topological polar surface area (TPSA) is 64.9 Å². The number of nitrogens with two attached hydrogens (primary N) is 1. The fourth-order valence-corrected chi connectivity index (χ4v) is 1.89. The average Bonchev–Trinajstić information content (AvgIpc) is 2.85. The summed E-state index contributed by atoms with van der Waals surface area (Å²) in [6.07, 6.45) is 1.64. The van der Waals surface area contributed by atoms with Crippen molar-refractivity contribution in [3.8, 4) is 0 Å². The van der Waals surface area contributed by atoms with E-state index in [9.17, 15) is 0 Å². The van der Waals surface area contributed by atoms with Crippen LogP contribution in [0, 0.1) is 12.3 Å². The summed E-state index contributed by atoms with van der Waals surface area (Å²) in [6, 6.07) is 8.29. The summed E-state index contributed by atoms with van der Waals surface area (Å²) in [6.45, 7) is 8.29. The molecule has 1 heterocycles. The second-order valence-electron chi connectivity index (χ2n) is 6.38. The summed E-state index contributed by atoms with van der Waals surface area (Å²) in [5, 5.41) is 4.00. The molecule has 0 bridgehead atoms. The maximum Gasteiger partial charge on any atom is 0.227 e. The molecule has 0 radical (unpaired) electrons. The first-order chi connectivity index (χ1) is 9.36. The van der Waals surface area contributed by atoms with E-state index in [4.69, 9.17) is 10.3 Å². The van der Waals surface area contributed by atoms with Gasteiger partial charge in [-0.05, 0) is 24.3 Å². The molecule has 0 saturated carbocycles. The summed E-state index contributed by atoms with van der Waals surface area (Å²) in [5.74, 6) is 1.25. The van der Waals surface area contributed by atoms with Gasteiger partial charge in [-0.25, -0.2) is 0 Å². The molecule has 4 nitrogen and oxygen atoms in total. The lowest BCUT2D eigenvalue weighted by atomic mass is 9.87. The Morgan fingerprint density at radius 3 is 2.40 bits per heavy atom. The number of rotatable bonds is 4. The number of benzene rings is 1. The average molecular weight is 273 g/mol. The molecule has 0 aliphatic carbocycles. The SMILES string of the molecule is Cc1ccc(CCc2nc(C(N)C(C)(C)C)no2)cc1. The molecule has 1 aromatic carbocycles. The summed E-state index contributed by atoms with van der Waals surface area (Å²) in [7, 11) is 0. The Bertz CT molecular complexity index is 552. The Balaban J connectivity index is 1.98. The first kappa shape index (κ1) is 14.7. The van der Waals surface area contributed by atoms with E-state index in [1.165, 1.54) is 11.1 Å². The number of aryl methyl sites for hydroxylation is 3. The van der Waals surface area contributed by atoms with Gasteiger partial charge in [-0.1, -0.05) is 55.8 Å². The molecule has 0 amide bonds. The molecule has 2 aromatic rings. The molecule has 0 aliphatic rings. The summed E-state index contributed by atoms with van der Waals surface area (Å²) in [4.78, 5) is 4.41. The van der Waals surface area contributed by atoms with Gasteiger partial charge in [0.05, 0.1) is 6.04 Å². The number of aromatic nitrogens is 2. The Kier molecular flexibility index (Phi) is 4.23. The van der Waals surface area contributed by atoms with E-state index < -0.39 is 0 Å². The second-order valence-corrected chi connectivity index (χ2v) is 6.38. The molecule has 2 rings (SSSR count). The predicted octanol–water partition coefficient (Wildman–Crippen LogP) is 3.21. The van der Waals surface area contributed by atoms with E-state index in [0.717, 1.165) is 12.8 Å². The molecule has 20 heavy (non-hydrogen) atoms. The van der Waals surface area contributed by atoms with Crippen molar-refractivity contribution in [1.82, 2.24) is 10.1 Å². The van der Waals surface area contributed by atoms with E-state index in [1.54, 1.807) is 0 Å². The van der Waals surface area contributed by atoms with Gasteiger partial charge in [-0.2, -0.15) is 4.98 Å². The molecular formula is C16H23N3O. The highest BCUT2D eigenvalue weighted by molar-refractivity contribution is 5.21. The third-order valence-electron chi connectivity index (χ3n) is 3.44. The van der Waals surface area contributed by atoms with Crippen molar-refractivity contribution >= 4 is 0 Å². The molecule has 1 unspecified atom stereocenters. The molecule has 2 N–H and O–H groups in total. The zero-order valence-electron chi connectivity index (χ0n) is 12.7. The van der Waals surface area contributed by atoms with Gasteiger partial charge in [0.1, 0.15) is 0 Å². The number of hydrogen-bond acceptors (Lipinski definition) is 4. The molecule has 0 saturated heterocycles. The van der Waals surface area contributed by atoms with Crippen LogP contribution < -0.4 is 5.73 Å². The minimum absolute atomic E-state index is 0.0713. The normalized spacial score (nSPS) is 13.4. The van der Waals surface area contributed by atoms with Crippen LogP contribution in [0.1, 0.15) is 49.7 Å². The molecule has 108 valence electrons. The van der Waals surface area contributed by atoms with Crippen LogP contribution in [0.5, 0.6) is 0 Å². The third kappa shape index (κ3) is 3.67. The standard InChI is InChI=1S/C16H23N3O/c1-11-5-7-12(8-6-11)9-10-13-18-15(19-20-13)14(17)16(2,3)4/h5-8,14H,9-10,17H2,1-4H3. The molecule has 0 aliphatic heterocycles. The van der Waals surface area contributed by atoms with Crippen LogP contribution in [0.25, 0.3) is 0 Å². The van der Waals surface area contributed by atoms with Crippen LogP contribution in [0.3, 0.4) is 0 Å². The van der Waals surface area contributed by atoms with Gasteiger partial charge in [0, 0.05) is 6.42 Å². The van der Waals surface area contributed by atoms with Gasteiger partial charge in [0.15, 0.2) is 5.82 Å². The zero-order chi connectivity index (χ0) is 14.8. The van der Waals surface area contributed by atoms with Crippen molar-refractivity contribution < 1.29 is 4.52 Å². The van der Waals surface area contributed by atoms with Crippen LogP contribution in [0.15, 0.2) is 28.8 Å². The summed E-state index contributed by atoms with van der Waals surface area (Å²) < 4.78 is 5.29. The minimum Gasteiger partial charge on any atom is -0.339 e. The van der Waals surface area contributed by atoms with Crippen molar-refractivity contribution in [2.45, 2.75) is 46.6 Å². The lowest BCUT2D eigenvalue weighted by Gasteiger charge is -2.23. The van der Waals surface area contributed by atoms with Crippen LogP contribution in [0.4, 0.5) is 0 Å². The van der Waals surface area contributed by atoms with E-state index in [0.29, 0.717) is 11.7 Å². The molecule has 0 fully saturated rings. The van der Waals surface area contributed by atoms with Crippen LogP contribution in [-0.4, -0.2) is 10.1 Å². The van der Waals surface area contributed by atoms with Gasteiger partial charge in [0.25, 0.3) is 0 Å². The number of nitrogens with zero attached hydrogens (tertiary/aromatic N) is 2. The minimum atomic E-state index is -0.209. The van der Waals surface area contributed by atoms with Crippen molar-refractivity contribution in [3.63, 3.8) is 0 Å². The first-order valence-electron chi connectivity index (χ1n) is 7.00. The number of hydrogen-bond donors (Lipinski definition) is 1. The lowest BCUT2D eigenvalue weighted by molar-refractivity contribution is 0.300. The quantitative estimate of drug-likeness (QED) is 0.929. The Morgan fingerprint density at radius 2 is 1.80 bits per heavy atom. The van der Waals surface area contributed by atoms with Gasteiger partial charge in [0.2, 0.25) is 5.89 Å². The van der Waals surface area contributed by atoms with Gasteiger partial charge in [-0.3, -0.25) is 0 Å².